The first-order valence-electron chi connectivity index (χ1n) is 10.1. The fourth-order valence-corrected chi connectivity index (χ4v) is 4.08. The molecule has 2 N–H and O–H groups in total. The summed E-state index contributed by atoms with van der Waals surface area (Å²) >= 11 is 1.70. The molecule has 4 aromatic rings. The van der Waals surface area contributed by atoms with Crippen LogP contribution in [0.2, 0.25) is 0 Å². The fraction of sp³-hybridized carbons (Fsp3) is 0.208. The first-order valence-corrected chi connectivity index (χ1v) is 10.9. The molecule has 0 aliphatic rings. The summed E-state index contributed by atoms with van der Waals surface area (Å²) in [5.41, 5.74) is 5.16. The van der Waals surface area contributed by atoms with Gasteiger partial charge in [0.2, 0.25) is 5.89 Å². The van der Waals surface area contributed by atoms with Gasteiger partial charge in [0.1, 0.15) is 11.3 Å². The van der Waals surface area contributed by atoms with E-state index in [-0.39, 0.29) is 24.0 Å². The molecular weight excluding hydrogens is 533 g/mol. The lowest BCUT2D eigenvalue weighted by atomic mass is 10.1. The second kappa shape index (κ2) is 11.2. The van der Waals surface area contributed by atoms with Gasteiger partial charge in [-0.15, -0.1) is 35.3 Å². The van der Waals surface area contributed by atoms with Crippen LogP contribution in [-0.4, -0.2) is 23.0 Å². The number of guanidine groups is 1. The molecule has 2 heterocycles. The molecule has 0 aliphatic heterocycles. The van der Waals surface area contributed by atoms with E-state index in [0.29, 0.717) is 24.9 Å². The van der Waals surface area contributed by atoms with Crippen LogP contribution in [0.25, 0.3) is 22.0 Å². The van der Waals surface area contributed by atoms with Crippen LogP contribution in [0.4, 0.5) is 0 Å². The van der Waals surface area contributed by atoms with Crippen molar-refractivity contribution >= 4 is 41.3 Å². The number of aliphatic imine (C=N–C) groups is 1. The SMILES string of the molecule is CN=C(NCc1coc(-c2ccc(C)cc2)n1)NCc1sc(-c2ccccc2)nc1C.I. The number of rotatable bonds is 6. The molecule has 6 nitrogen and oxygen atoms in total. The number of aromatic nitrogens is 2. The molecule has 166 valence electrons. The second-order valence-corrected chi connectivity index (χ2v) is 8.27. The van der Waals surface area contributed by atoms with Crippen LogP contribution in [0, 0.1) is 13.8 Å². The van der Waals surface area contributed by atoms with Gasteiger partial charge in [0.15, 0.2) is 5.96 Å². The molecule has 0 saturated carbocycles. The van der Waals surface area contributed by atoms with Gasteiger partial charge in [-0.1, -0.05) is 48.0 Å². The third-order valence-electron chi connectivity index (χ3n) is 4.84. The standard InChI is InChI=1S/C24H25N5OS.HI/c1-16-9-11-18(12-10-16)22-29-20(15-30-22)13-26-24(25-3)27-14-21-17(2)28-23(31-21)19-7-5-4-6-8-19;/h4-12,15H,13-14H2,1-3H3,(H2,25,26,27);1H. The number of nitrogens with one attached hydrogen (secondary N) is 2. The molecule has 0 aliphatic carbocycles. The Morgan fingerprint density at radius 3 is 2.38 bits per heavy atom. The molecular formula is C24H26IN5OS. The summed E-state index contributed by atoms with van der Waals surface area (Å²) in [5, 5.41) is 7.68. The maximum atomic E-state index is 5.63. The van der Waals surface area contributed by atoms with E-state index in [9.17, 15) is 0 Å². The molecule has 32 heavy (non-hydrogen) atoms. The Bertz CT molecular complexity index is 1170. The van der Waals surface area contributed by atoms with Gasteiger partial charge >= 0.3 is 0 Å². The number of hydrogen-bond donors (Lipinski definition) is 2. The van der Waals surface area contributed by atoms with Gasteiger partial charge in [-0.2, -0.15) is 0 Å². The van der Waals surface area contributed by atoms with Crippen LogP contribution in [0.5, 0.6) is 0 Å². The Balaban J connectivity index is 0.00000289. The number of nitrogens with zero attached hydrogens (tertiary/aromatic N) is 3. The van der Waals surface area contributed by atoms with Crippen molar-refractivity contribution in [1.29, 1.82) is 0 Å². The number of halogens is 1. The number of oxazole rings is 1. The van der Waals surface area contributed by atoms with Crippen molar-refractivity contribution in [3.05, 3.63) is 82.7 Å². The number of thiazole rings is 1. The molecule has 0 spiro atoms. The normalized spacial score (nSPS) is 11.2. The summed E-state index contributed by atoms with van der Waals surface area (Å²) in [6.45, 7) is 5.27. The van der Waals surface area contributed by atoms with E-state index in [4.69, 9.17) is 9.40 Å². The van der Waals surface area contributed by atoms with Crippen LogP contribution in [0.15, 0.2) is 70.3 Å². The third-order valence-corrected chi connectivity index (χ3v) is 6.05. The summed E-state index contributed by atoms with van der Waals surface area (Å²) in [6, 6.07) is 18.4. The Hall–Kier alpha value is -2.72. The summed E-state index contributed by atoms with van der Waals surface area (Å²) in [4.78, 5) is 14.8. The Labute approximate surface area is 209 Å². The van der Waals surface area contributed by atoms with Crippen molar-refractivity contribution in [2.75, 3.05) is 7.05 Å². The van der Waals surface area contributed by atoms with E-state index in [0.717, 1.165) is 27.5 Å². The lowest BCUT2D eigenvalue weighted by molar-refractivity contribution is 0.572. The topological polar surface area (TPSA) is 75.3 Å². The van der Waals surface area contributed by atoms with Crippen molar-refractivity contribution in [1.82, 2.24) is 20.6 Å². The Morgan fingerprint density at radius 1 is 0.938 bits per heavy atom. The first kappa shape index (κ1) is 23.9. The monoisotopic (exact) mass is 559 g/mol. The van der Waals surface area contributed by atoms with Crippen LogP contribution in [0.3, 0.4) is 0 Å². The largest absolute Gasteiger partial charge is 0.444 e. The van der Waals surface area contributed by atoms with Gasteiger partial charge in [-0.05, 0) is 26.0 Å². The Morgan fingerprint density at radius 2 is 1.66 bits per heavy atom. The summed E-state index contributed by atoms with van der Waals surface area (Å²) in [5.74, 6) is 1.32. The van der Waals surface area contributed by atoms with E-state index >= 15 is 0 Å². The molecule has 8 heteroatoms. The molecule has 0 atom stereocenters. The van der Waals surface area contributed by atoms with Crippen molar-refractivity contribution in [2.45, 2.75) is 26.9 Å². The van der Waals surface area contributed by atoms with Gasteiger partial charge in [0.05, 0.1) is 24.5 Å². The smallest absolute Gasteiger partial charge is 0.226 e. The minimum atomic E-state index is 0. The maximum absolute atomic E-state index is 5.63. The van der Waals surface area contributed by atoms with E-state index in [2.05, 4.69) is 39.7 Å². The number of hydrogen-bond acceptors (Lipinski definition) is 5. The van der Waals surface area contributed by atoms with Crippen LogP contribution < -0.4 is 10.6 Å². The lowest BCUT2D eigenvalue weighted by Crippen LogP contribution is -2.36. The van der Waals surface area contributed by atoms with Gasteiger partial charge in [0, 0.05) is 23.1 Å². The van der Waals surface area contributed by atoms with Crippen molar-refractivity contribution in [2.24, 2.45) is 4.99 Å². The highest BCUT2D eigenvalue weighted by atomic mass is 127. The quantitative estimate of drug-likeness (QED) is 0.184. The average molecular weight is 559 g/mol. The molecule has 0 radical (unpaired) electrons. The predicted molar refractivity (Wildman–Crippen MR) is 141 cm³/mol. The predicted octanol–water partition coefficient (Wildman–Crippen LogP) is 5.57. The summed E-state index contributed by atoms with van der Waals surface area (Å²) in [7, 11) is 1.75. The zero-order valence-electron chi connectivity index (χ0n) is 18.3. The van der Waals surface area contributed by atoms with E-state index in [1.54, 1.807) is 24.6 Å². The molecule has 2 aromatic heterocycles. The number of aryl methyl sites for hydroxylation is 2. The molecule has 0 unspecified atom stereocenters. The maximum Gasteiger partial charge on any atom is 0.226 e. The summed E-state index contributed by atoms with van der Waals surface area (Å²) < 4.78 is 5.63. The van der Waals surface area contributed by atoms with Crippen LogP contribution in [-0.2, 0) is 13.1 Å². The minimum absolute atomic E-state index is 0. The molecule has 0 saturated heterocycles. The highest BCUT2D eigenvalue weighted by Gasteiger charge is 2.11. The van der Waals surface area contributed by atoms with Crippen molar-refractivity contribution < 1.29 is 4.42 Å². The van der Waals surface area contributed by atoms with Gasteiger partial charge in [-0.3, -0.25) is 4.99 Å². The van der Waals surface area contributed by atoms with Crippen LogP contribution >= 0.6 is 35.3 Å². The van der Waals surface area contributed by atoms with Crippen LogP contribution in [0.1, 0.15) is 21.8 Å². The van der Waals surface area contributed by atoms with Gasteiger partial charge < -0.3 is 15.1 Å². The fourth-order valence-electron chi connectivity index (χ4n) is 3.07. The molecule has 0 amide bonds. The molecule has 0 fully saturated rings. The summed E-state index contributed by atoms with van der Waals surface area (Å²) in [6.07, 6.45) is 1.68. The second-order valence-electron chi connectivity index (χ2n) is 7.18. The highest BCUT2D eigenvalue weighted by molar-refractivity contribution is 14.0. The molecule has 2 aromatic carbocycles. The van der Waals surface area contributed by atoms with Crippen molar-refractivity contribution in [3.8, 4) is 22.0 Å². The minimum Gasteiger partial charge on any atom is -0.444 e. The average Bonchev–Trinajstić information content (AvgIpc) is 3.42. The van der Waals surface area contributed by atoms with Gasteiger partial charge in [-0.25, -0.2) is 9.97 Å². The highest BCUT2D eigenvalue weighted by Crippen LogP contribution is 2.27. The Kier molecular flexibility index (Phi) is 8.40. The molecule has 0 bridgehead atoms. The van der Waals surface area contributed by atoms with Gasteiger partial charge in [0.25, 0.3) is 0 Å². The van der Waals surface area contributed by atoms with E-state index in [1.807, 2.05) is 49.4 Å². The van der Waals surface area contributed by atoms with E-state index in [1.165, 1.54) is 10.4 Å². The first-order chi connectivity index (χ1) is 15.1. The lowest BCUT2D eigenvalue weighted by Gasteiger charge is -2.10. The molecule has 4 rings (SSSR count). The zero-order chi connectivity index (χ0) is 21.6. The zero-order valence-corrected chi connectivity index (χ0v) is 21.4. The number of benzene rings is 2. The van der Waals surface area contributed by atoms with Crippen molar-refractivity contribution in [3.63, 3.8) is 0 Å². The van der Waals surface area contributed by atoms with E-state index < -0.39 is 0 Å². The third kappa shape index (κ3) is 5.95.